The summed E-state index contributed by atoms with van der Waals surface area (Å²) in [5, 5.41) is 6.13. The van der Waals surface area contributed by atoms with Gasteiger partial charge in [-0.05, 0) is 42.0 Å². The van der Waals surface area contributed by atoms with Crippen molar-refractivity contribution in [3.8, 4) is 0 Å². The lowest BCUT2D eigenvalue weighted by Crippen LogP contribution is -2.31. The van der Waals surface area contributed by atoms with Gasteiger partial charge in [-0.1, -0.05) is 71.2 Å². The van der Waals surface area contributed by atoms with Gasteiger partial charge >= 0.3 is 0 Å². The van der Waals surface area contributed by atoms with Crippen LogP contribution in [0.3, 0.4) is 0 Å². The Morgan fingerprint density at radius 3 is 2.33 bits per heavy atom. The minimum absolute atomic E-state index is 0.0455. The number of nitrogens with zero attached hydrogens (tertiary/aromatic N) is 1. The van der Waals surface area contributed by atoms with E-state index < -0.39 is 17.7 Å². The quantitative estimate of drug-likeness (QED) is 0.427. The monoisotopic (exact) mass is 499 g/mol. The molecule has 1 heterocycles. The van der Waals surface area contributed by atoms with E-state index in [9.17, 15) is 14.4 Å². The van der Waals surface area contributed by atoms with Crippen molar-refractivity contribution in [1.29, 1.82) is 0 Å². The molecule has 3 amide bonds. The minimum Gasteiger partial charge on any atom is -0.350 e. The number of hydrogen-bond donors (Lipinski definition) is 2. The number of carbonyl (C=O) groups excluding carboxylic acids is 3. The molecule has 9 heteroatoms. The van der Waals surface area contributed by atoms with Crippen LogP contribution >= 0.6 is 34.8 Å². The molecule has 0 atom stereocenters. The molecule has 0 bridgehead atoms. The number of rotatable bonds is 6. The Morgan fingerprint density at radius 1 is 0.848 bits per heavy atom. The summed E-state index contributed by atoms with van der Waals surface area (Å²) >= 11 is 18.2. The average molecular weight is 501 g/mol. The van der Waals surface area contributed by atoms with Crippen molar-refractivity contribution in [3.05, 3.63) is 105 Å². The Balaban J connectivity index is 1.50. The first-order chi connectivity index (χ1) is 15.8. The molecule has 3 aromatic rings. The molecule has 0 aromatic heterocycles. The number of nitrogens with one attached hydrogen (secondary N) is 2. The maximum Gasteiger partial charge on any atom is 0.279 e. The first kappa shape index (κ1) is 22.9. The van der Waals surface area contributed by atoms with Crippen molar-refractivity contribution in [2.45, 2.75) is 6.54 Å². The number of anilines is 2. The molecule has 4 rings (SSSR count). The summed E-state index contributed by atoms with van der Waals surface area (Å²) in [6.45, 7) is 0.101. The number of amides is 3. The summed E-state index contributed by atoms with van der Waals surface area (Å²) in [4.78, 5) is 39.1. The van der Waals surface area contributed by atoms with Crippen LogP contribution in [0.15, 0.2) is 83.5 Å². The highest BCUT2D eigenvalue weighted by molar-refractivity contribution is 6.48. The summed E-state index contributed by atoms with van der Waals surface area (Å²) in [6.07, 6.45) is 0. The minimum atomic E-state index is -0.584. The topological polar surface area (TPSA) is 78.5 Å². The average Bonchev–Trinajstić information content (AvgIpc) is 3.00. The van der Waals surface area contributed by atoms with Crippen LogP contribution < -0.4 is 10.6 Å². The van der Waals surface area contributed by atoms with E-state index in [0.29, 0.717) is 27.0 Å². The summed E-state index contributed by atoms with van der Waals surface area (Å²) in [5.41, 5.74) is 1.88. The van der Waals surface area contributed by atoms with Gasteiger partial charge in [-0.2, -0.15) is 0 Å². The summed E-state index contributed by atoms with van der Waals surface area (Å²) in [7, 11) is 0. The van der Waals surface area contributed by atoms with Gasteiger partial charge in [0, 0.05) is 16.3 Å². The highest BCUT2D eigenvalue weighted by Crippen LogP contribution is 2.28. The van der Waals surface area contributed by atoms with Gasteiger partial charge in [0.2, 0.25) is 0 Å². The predicted octanol–water partition coefficient (Wildman–Crippen LogP) is 5.68. The standard InChI is InChI=1S/C24H16Cl3N3O3/c25-16-9-10-19(18(26)12-16)29-22(31)15-7-4-8-17(11-15)28-21-20(27)23(32)30(24(21)33)13-14-5-2-1-3-6-14/h1-12,28H,13H2,(H,29,31). The van der Waals surface area contributed by atoms with Gasteiger partial charge in [-0.15, -0.1) is 0 Å². The number of carbonyl (C=O) groups is 3. The van der Waals surface area contributed by atoms with Crippen LogP contribution in [0.4, 0.5) is 11.4 Å². The number of hydrogen-bond acceptors (Lipinski definition) is 4. The van der Waals surface area contributed by atoms with Crippen molar-refractivity contribution < 1.29 is 14.4 Å². The van der Waals surface area contributed by atoms with Gasteiger partial charge in [-0.25, -0.2) is 0 Å². The molecule has 3 aromatic carbocycles. The van der Waals surface area contributed by atoms with Crippen LogP contribution in [0.25, 0.3) is 0 Å². The highest BCUT2D eigenvalue weighted by atomic mass is 35.5. The van der Waals surface area contributed by atoms with Gasteiger partial charge in [0.15, 0.2) is 0 Å². The van der Waals surface area contributed by atoms with Gasteiger partial charge in [0.05, 0.1) is 17.3 Å². The van der Waals surface area contributed by atoms with Crippen LogP contribution in [0, 0.1) is 0 Å². The number of halogens is 3. The lowest BCUT2D eigenvalue weighted by Gasteiger charge is -2.15. The third-order valence-electron chi connectivity index (χ3n) is 4.87. The van der Waals surface area contributed by atoms with E-state index in [1.807, 2.05) is 30.3 Å². The first-order valence-electron chi connectivity index (χ1n) is 9.77. The fourth-order valence-electron chi connectivity index (χ4n) is 3.23. The zero-order chi connectivity index (χ0) is 23.5. The van der Waals surface area contributed by atoms with Crippen molar-refractivity contribution in [3.63, 3.8) is 0 Å². The lowest BCUT2D eigenvalue weighted by molar-refractivity contribution is -0.138. The molecular weight excluding hydrogens is 485 g/mol. The van der Waals surface area contributed by atoms with Gasteiger partial charge in [-0.3, -0.25) is 19.3 Å². The smallest absolute Gasteiger partial charge is 0.279 e. The van der Waals surface area contributed by atoms with Crippen LogP contribution in [0.1, 0.15) is 15.9 Å². The van der Waals surface area contributed by atoms with E-state index in [1.54, 1.807) is 30.3 Å². The third-order valence-corrected chi connectivity index (χ3v) is 5.77. The van der Waals surface area contributed by atoms with Crippen molar-refractivity contribution in [2.75, 3.05) is 10.6 Å². The second-order valence-corrected chi connectivity index (χ2v) is 8.38. The zero-order valence-corrected chi connectivity index (χ0v) is 19.2. The molecule has 1 aliphatic rings. The Kier molecular flexibility index (Phi) is 6.70. The molecule has 0 spiro atoms. The van der Waals surface area contributed by atoms with E-state index in [1.165, 1.54) is 12.1 Å². The van der Waals surface area contributed by atoms with Gasteiger partial charge in [0.1, 0.15) is 10.7 Å². The first-order valence-corrected chi connectivity index (χ1v) is 10.9. The van der Waals surface area contributed by atoms with Crippen LogP contribution in [-0.4, -0.2) is 22.6 Å². The summed E-state index contributed by atoms with van der Waals surface area (Å²) in [5.74, 6) is -1.54. The summed E-state index contributed by atoms with van der Waals surface area (Å²) in [6, 6.07) is 20.3. The molecule has 6 nitrogen and oxygen atoms in total. The Morgan fingerprint density at radius 2 is 1.61 bits per heavy atom. The number of imide groups is 1. The van der Waals surface area contributed by atoms with E-state index in [-0.39, 0.29) is 17.3 Å². The second-order valence-electron chi connectivity index (χ2n) is 7.16. The predicted molar refractivity (Wildman–Crippen MR) is 129 cm³/mol. The van der Waals surface area contributed by atoms with Crippen LogP contribution in [-0.2, 0) is 16.1 Å². The van der Waals surface area contributed by atoms with Crippen molar-refractivity contribution in [1.82, 2.24) is 4.90 Å². The molecular formula is C24H16Cl3N3O3. The van der Waals surface area contributed by atoms with Crippen LogP contribution in [0.5, 0.6) is 0 Å². The fraction of sp³-hybridized carbons (Fsp3) is 0.0417. The summed E-state index contributed by atoms with van der Waals surface area (Å²) < 4.78 is 0. The van der Waals surface area contributed by atoms with E-state index >= 15 is 0 Å². The molecule has 0 radical (unpaired) electrons. The maximum atomic E-state index is 12.9. The fourth-order valence-corrected chi connectivity index (χ4v) is 3.92. The third kappa shape index (κ3) is 5.03. The molecule has 0 unspecified atom stereocenters. The maximum absolute atomic E-state index is 12.9. The second kappa shape index (κ2) is 9.67. The van der Waals surface area contributed by atoms with E-state index in [2.05, 4.69) is 10.6 Å². The van der Waals surface area contributed by atoms with Gasteiger partial charge in [0.25, 0.3) is 17.7 Å². The van der Waals surface area contributed by atoms with E-state index in [0.717, 1.165) is 10.5 Å². The number of benzene rings is 3. The molecule has 166 valence electrons. The largest absolute Gasteiger partial charge is 0.350 e. The molecule has 2 N–H and O–H groups in total. The normalized spacial score (nSPS) is 13.5. The van der Waals surface area contributed by atoms with Crippen LogP contribution in [0.2, 0.25) is 10.0 Å². The molecule has 0 aliphatic carbocycles. The van der Waals surface area contributed by atoms with Crippen molar-refractivity contribution >= 4 is 63.9 Å². The molecule has 0 saturated heterocycles. The Hall–Kier alpha value is -3.32. The molecule has 1 aliphatic heterocycles. The molecule has 33 heavy (non-hydrogen) atoms. The SMILES string of the molecule is O=C(Nc1ccc(Cl)cc1Cl)c1cccc(NC2=C(Cl)C(=O)N(Cc3ccccc3)C2=O)c1. The molecule has 0 fully saturated rings. The Bertz CT molecular complexity index is 1290. The zero-order valence-electron chi connectivity index (χ0n) is 16.9. The lowest BCUT2D eigenvalue weighted by atomic mass is 10.1. The van der Waals surface area contributed by atoms with E-state index in [4.69, 9.17) is 34.8 Å². The van der Waals surface area contributed by atoms with Crippen molar-refractivity contribution in [2.24, 2.45) is 0 Å². The molecule has 0 saturated carbocycles. The van der Waals surface area contributed by atoms with Gasteiger partial charge < -0.3 is 10.6 Å². The highest BCUT2D eigenvalue weighted by Gasteiger charge is 2.37. The Labute approximate surface area is 204 Å².